The van der Waals surface area contributed by atoms with Crippen LogP contribution < -0.4 is 4.90 Å². The van der Waals surface area contributed by atoms with Crippen molar-refractivity contribution in [1.29, 1.82) is 5.26 Å². The van der Waals surface area contributed by atoms with Gasteiger partial charge >= 0.3 is 0 Å². The molecule has 1 fully saturated rings. The molecule has 4 nitrogen and oxygen atoms in total. The number of nitrogens with zero attached hydrogens (tertiary/aromatic N) is 4. The van der Waals surface area contributed by atoms with E-state index in [-0.39, 0.29) is 5.88 Å². The number of aromatic nitrogens is 2. The highest BCUT2D eigenvalue weighted by molar-refractivity contribution is 6.31. The van der Waals surface area contributed by atoms with Crippen molar-refractivity contribution in [2.45, 2.75) is 31.2 Å². The van der Waals surface area contributed by atoms with Gasteiger partial charge in [-0.05, 0) is 12.8 Å². The van der Waals surface area contributed by atoms with Crippen molar-refractivity contribution >= 4 is 29.0 Å². The Kier molecular flexibility index (Phi) is 4.03. The van der Waals surface area contributed by atoms with Gasteiger partial charge in [-0.2, -0.15) is 5.26 Å². The van der Waals surface area contributed by atoms with E-state index in [9.17, 15) is 0 Å². The molecule has 0 aliphatic heterocycles. The van der Waals surface area contributed by atoms with Crippen LogP contribution in [-0.2, 0) is 5.88 Å². The van der Waals surface area contributed by atoms with Crippen LogP contribution in [0.2, 0.25) is 5.15 Å². The Hall–Kier alpha value is -1.05. The van der Waals surface area contributed by atoms with Gasteiger partial charge in [0.15, 0.2) is 0 Å². The fourth-order valence-electron chi connectivity index (χ4n) is 1.76. The lowest BCUT2D eigenvalue weighted by Crippen LogP contribution is -2.28. The van der Waals surface area contributed by atoms with Crippen LogP contribution in [0, 0.1) is 11.3 Å². The molecule has 1 saturated carbocycles. The standard InChI is InChI=1S/C11H12Cl2N4/c12-6-9-10(13)15-7-16-11(9)17(5-1-4-14)8-2-3-8/h7-8H,1-3,5-6H2. The van der Waals surface area contributed by atoms with Crippen LogP contribution in [0.3, 0.4) is 0 Å². The van der Waals surface area contributed by atoms with Crippen molar-refractivity contribution < 1.29 is 0 Å². The molecule has 1 aromatic rings. The summed E-state index contributed by atoms with van der Waals surface area (Å²) in [6.07, 6.45) is 4.18. The van der Waals surface area contributed by atoms with Gasteiger partial charge < -0.3 is 4.90 Å². The molecule has 0 saturated heterocycles. The summed E-state index contributed by atoms with van der Waals surface area (Å²) < 4.78 is 0. The maximum atomic E-state index is 8.68. The number of alkyl halides is 1. The maximum absolute atomic E-state index is 8.68. The van der Waals surface area contributed by atoms with Crippen molar-refractivity contribution in [2.24, 2.45) is 0 Å². The molecule has 1 aliphatic rings. The summed E-state index contributed by atoms with van der Waals surface area (Å²) in [6, 6.07) is 2.62. The molecule has 0 N–H and O–H groups in total. The zero-order chi connectivity index (χ0) is 12.3. The molecule has 17 heavy (non-hydrogen) atoms. The molecule has 0 bridgehead atoms. The first-order valence-electron chi connectivity index (χ1n) is 5.47. The van der Waals surface area contributed by atoms with Crippen molar-refractivity contribution in [1.82, 2.24) is 9.97 Å². The van der Waals surface area contributed by atoms with Gasteiger partial charge in [0.05, 0.1) is 18.4 Å². The van der Waals surface area contributed by atoms with Crippen molar-refractivity contribution in [3.05, 3.63) is 17.0 Å². The maximum Gasteiger partial charge on any atom is 0.138 e. The zero-order valence-electron chi connectivity index (χ0n) is 9.24. The van der Waals surface area contributed by atoms with E-state index >= 15 is 0 Å². The molecule has 0 amide bonds. The van der Waals surface area contributed by atoms with Crippen LogP contribution in [0.5, 0.6) is 0 Å². The molecule has 0 spiro atoms. The first-order chi connectivity index (χ1) is 8.27. The molecule has 1 heterocycles. The van der Waals surface area contributed by atoms with Crippen molar-refractivity contribution in [3.8, 4) is 6.07 Å². The first-order valence-corrected chi connectivity index (χ1v) is 6.38. The second-order valence-corrected chi connectivity index (χ2v) is 4.56. The van der Waals surface area contributed by atoms with E-state index in [1.807, 2.05) is 0 Å². The third-order valence-electron chi connectivity index (χ3n) is 2.73. The summed E-state index contributed by atoms with van der Waals surface area (Å²) in [7, 11) is 0. The quantitative estimate of drug-likeness (QED) is 0.610. The Morgan fingerprint density at radius 1 is 1.47 bits per heavy atom. The lowest BCUT2D eigenvalue weighted by Gasteiger charge is -2.24. The van der Waals surface area contributed by atoms with Crippen LogP contribution in [0.25, 0.3) is 0 Å². The van der Waals surface area contributed by atoms with Crippen LogP contribution >= 0.6 is 23.2 Å². The minimum absolute atomic E-state index is 0.283. The van der Waals surface area contributed by atoms with E-state index in [0.717, 1.165) is 24.2 Å². The minimum atomic E-state index is 0.283. The second kappa shape index (κ2) is 5.52. The Bertz CT molecular complexity index is 440. The SMILES string of the molecule is N#CCCN(c1ncnc(Cl)c1CCl)C1CC1. The Balaban J connectivity index is 2.28. The molecule has 2 rings (SSSR count). The van der Waals surface area contributed by atoms with E-state index in [1.165, 1.54) is 6.33 Å². The summed E-state index contributed by atoms with van der Waals surface area (Å²) in [4.78, 5) is 10.3. The first kappa shape index (κ1) is 12.4. The number of anilines is 1. The molecule has 0 radical (unpaired) electrons. The number of hydrogen-bond acceptors (Lipinski definition) is 4. The topological polar surface area (TPSA) is 52.8 Å². The van der Waals surface area contributed by atoms with E-state index in [1.54, 1.807) is 0 Å². The average Bonchev–Trinajstić information content (AvgIpc) is 3.14. The number of hydrogen-bond donors (Lipinski definition) is 0. The van der Waals surface area contributed by atoms with Gasteiger partial charge in [-0.3, -0.25) is 0 Å². The van der Waals surface area contributed by atoms with E-state index < -0.39 is 0 Å². The van der Waals surface area contributed by atoms with E-state index in [4.69, 9.17) is 28.5 Å². The average molecular weight is 271 g/mol. The van der Waals surface area contributed by atoms with Gasteiger partial charge in [0.1, 0.15) is 17.3 Å². The third kappa shape index (κ3) is 2.80. The molecule has 0 aromatic carbocycles. The minimum Gasteiger partial charge on any atom is -0.352 e. The van der Waals surface area contributed by atoms with E-state index in [2.05, 4.69) is 20.9 Å². The Morgan fingerprint density at radius 2 is 2.24 bits per heavy atom. The Labute approximate surface area is 110 Å². The fraction of sp³-hybridized carbons (Fsp3) is 0.545. The van der Waals surface area contributed by atoms with Gasteiger partial charge in [-0.15, -0.1) is 11.6 Å². The smallest absolute Gasteiger partial charge is 0.138 e. The summed E-state index contributed by atoms with van der Waals surface area (Å²) >= 11 is 11.9. The molecule has 1 aliphatic carbocycles. The normalized spacial score (nSPS) is 14.4. The van der Waals surface area contributed by atoms with Gasteiger partial charge in [0, 0.05) is 18.2 Å². The second-order valence-electron chi connectivity index (χ2n) is 3.93. The zero-order valence-corrected chi connectivity index (χ0v) is 10.7. The number of nitriles is 1. The van der Waals surface area contributed by atoms with E-state index in [0.29, 0.717) is 24.2 Å². The molecule has 1 aromatic heterocycles. The summed E-state index contributed by atoms with van der Waals surface area (Å²) in [5.74, 6) is 1.06. The predicted molar refractivity (Wildman–Crippen MR) is 67.2 cm³/mol. The van der Waals surface area contributed by atoms with Gasteiger partial charge in [0.2, 0.25) is 0 Å². The highest BCUT2D eigenvalue weighted by Crippen LogP contribution is 2.34. The lowest BCUT2D eigenvalue weighted by molar-refractivity contribution is 0.770. The highest BCUT2D eigenvalue weighted by Gasteiger charge is 2.31. The number of rotatable bonds is 5. The largest absolute Gasteiger partial charge is 0.352 e. The molecule has 0 atom stereocenters. The third-order valence-corrected chi connectivity index (χ3v) is 3.32. The van der Waals surface area contributed by atoms with Crippen LogP contribution in [0.1, 0.15) is 24.8 Å². The van der Waals surface area contributed by atoms with Crippen LogP contribution in [0.4, 0.5) is 5.82 Å². The molecule has 0 unspecified atom stereocenters. The van der Waals surface area contributed by atoms with Crippen LogP contribution in [0.15, 0.2) is 6.33 Å². The molecular weight excluding hydrogens is 259 g/mol. The van der Waals surface area contributed by atoms with Gasteiger partial charge in [-0.1, -0.05) is 11.6 Å². The fourth-order valence-corrected chi connectivity index (χ4v) is 2.27. The van der Waals surface area contributed by atoms with Crippen molar-refractivity contribution in [2.75, 3.05) is 11.4 Å². The summed E-state index contributed by atoms with van der Waals surface area (Å²) in [5.41, 5.74) is 0.751. The summed E-state index contributed by atoms with van der Waals surface area (Å²) in [6.45, 7) is 0.665. The molecule has 6 heteroatoms. The van der Waals surface area contributed by atoms with Crippen molar-refractivity contribution in [3.63, 3.8) is 0 Å². The van der Waals surface area contributed by atoms with Gasteiger partial charge in [-0.25, -0.2) is 9.97 Å². The molecule has 90 valence electrons. The van der Waals surface area contributed by atoms with Crippen LogP contribution in [-0.4, -0.2) is 22.6 Å². The van der Waals surface area contributed by atoms with Gasteiger partial charge in [0.25, 0.3) is 0 Å². The molecular formula is C11H12Cl2N4. The summed E-state index contributed by atoms with van der Waals surface area (Å²) in [5, 5.41) is 9.08. The Morgan fingerprint density at radius 3 is 2.82 bits per heavy atom. The monoisotopic (exact) mass is 270 g/mol. The number of halogens is 2. The highest BCUT2D eigenvalue weighted by atomic mass is 35.5. The lowest BCUT2D eigenvalue weighted by atomic mass is 10.3. The predicted octanol–water partition coefficient (Wildman–Crippen LogP) is 2.75.